The Kier molecular flexibility index (Phi) is 3.88. The van der Waals surface area contributed by atoms with Gasteiger partial charge in [0.2, 0.25) is 5.91 Å². The molecule has 1 aliphatic rings. The van der Waals surface area contributed by atoms with E-state index in [2.05, 4.69) is 5.32 Å². The van der Waals surface area contributed by atoms with Gasteiger partial charge >= 0.3 is 0 Å². The van der Waals surface area contributed by atoms with Gasteiger partial charge in [-0.05, 0) is 32.4 Å². The fourth-order valence-electron chi connectivity index (χ4n) is 2.48. The molecule has 1 N–H and O–H groups in total. The Morgan fingerprint density at radius 3 is 2.58 bits per heavy atom. The van der Waals surface area contributed by atoms with Crippen LogP contribution >= 0.6 is 0 Å². The van der Waals surface area contributed by atoms with E-state index in [-0.39, 0.29) is 17.9 Å². The summed E-state index contributed by atoms with van der Waals surface area (Å²) < 4.78 is 0. The maximum atomic E-state index is 12.6. The Labute approximate surface area is 113 Å². The summed E-state index contributed by atoms with van der Waals surface area (Å²) in [5, 5.41) is 2.84. The van der Waals surface area contributed by atoms with E-state index in [9.17, 15) is 9.59 Å². The molecule has 1 atom stereocenters. The second kappa shape index (κ2) is 5.43. The Hall–Kier alpha value is -1.84. The van der Waals surface area contributed by atoms with Crippen molar-refractivity contribution in [2.45, 2.75) is 45.7 Å². The van der Waals surface area contributed by atoms with Gasteiger partial charge in [0.05, 0.1) is 11.3 Å². The van der Waals surface area contributed by atoms with Crippen LogP contribution in [0.25, 0.3) is 0 Å². The zero-order valence-corrected chi connectivity index (χ0v) is 11.6. The summed E-state index contributed by atoms with van der Waals surface area (Å²) in [6.45, 7) is 5.94. The van der Waals surface area contributed by atoms with Crippen LogP contribution in [0.2, 0.25) is 0 Å². The van der Waals surface area contributed by atoms with Gasteiger partial charge in [0.15, 0.2) is 0 Å². The number of rotatable bonds is 3. The standard InChI is InChI=1S/C15H20N2O2/c1-4-7-12-15(19)17(10(2)3)13-9-6-5-8-11(13)14(18)16-12/h5-6,8-10,12H,4,7H2,1-3H3,(H,16,18). The summed E-state index contributed by atoms with van der Waals surface area (Å²) in [7, 11) is 0. The quantitative estimate of drug-likeness (QED) is 0.907. The average molecular weight is 260 g/mol. The summed E-state index contributed by atoms with van der Waals surface area (Å²) in [5.74, 6) is -0.180. The summed E-state index contributed by atoms with van der Waals surface area (Å²) in [6.07, 6.45) is 1.53. The first-order valence-electron chi connectivity index (χ1n) is 6.79. The molecule has 2 rings (SSSR count). The molecule has 102 valence electrons. The number of fused-ring (bicyclic) bond motifs is 1. The van der Waals surface area contributed by atoms with E-state index >= 15 is 0 Å². The predicted molar refractivity (Wildman–Crippen MR) is 75.2 cm³/mol. The van der Waals surface area contributed by atoms with Gasteiger partial charge < -0.3 is 10.2 Å². The third-order valence-corrected chi connectivity index (χ3v) is 3.34. The lowest BCUT2D eigenvalue weighted by Gasteiger charge is -2.28. The first kappa shape index (κ1) is 13.6. The van der Waals surface area contributed by atoms with Crippen molar-refractivity contribution in [2.75, 3.05) is 4.90 Å². The number of carbonyl (C=O) groups is 2. The monoisotopic (exact) mass is 260 g/mol. The smallest absolute Gasteiger partial charge is 0.254 e. The van der Waals surface area contributed by atoms with Crippen LogP contribution in [0, 0.1) is 0 Å². The maximum absolute atomic E-state index is 12.6. The summed E-state index contributed by atoms with van der Waals surface area (Å²) >= 11 is 0. The van der Waals surface area contributed by atoms with Crippen LogP contribution in [-0.4, -0.2) is 23.9 Å². The molecule has 1 aromatic rings. The summed E-state index contributed by atoms with van der Waals surface area (Å²) in [4.78, 5) is 26.5. The third-order valence-electron chi connectivity index (χ3n) is 3.34. The van der Waals surface area contributed by atoms with Gasteiger partial charge in [-0.3, -0.25) is 9.59 Å². The molecule has 0 bridgehead atoms. The summed E-state index contributed by atoms with van der Waals surface area (Å²) in [5.41, 5.74) is 1.28. The lowest BCUT2D eigenvalue weighted by molar-refractivity contribution is -0.120. The molecule has 0 spiro atoms. The zero-order chi connectivity index (χ0) is 14.0. The average Bonchev–Trinajstić information content (AvgIpc) is 2.47. The molecule has 0 aromatic heterocycles. The van der Waals surface area contributed by atoms with Gasteiger partial charge in [-0.2, -0.15) is 0 Å². The Morgan fingerprint density at radius 2 is 1.95 bits per heavy atom. The minimum atomic E-state index is -0.424. The Morgan fingerprint density at radius 1 is 1.26 bits per heavy atom. The molecule has 1 aliphatic heterocycles. The lowest BCUT2D eigenvalue weighted by Crippen LogP contribution is -2.48. The number of hydrogen-bond donors (Lipinski definition) is 1. The minimum absolute atomic E-state index is 0.0184. The Bertz CT molecular complexity index is 497. The molecule has 19 heavy (non-hydrogen) atoms. The van der Waals surface area contributed by atoms with Crippen LogP contribution in [0.5, 0.6) is 0 Å². The van der Waals surface area contributed by atoms with E-state index in [0.29, 0.717) is 17.7 Å². The van der Waals surface area contributed by atoms with Crippen molar-refractivity contribution >= 4 is 17.5 Å². The zero-order valence-electron chi connectivity index (χ0n) is 11.6. The van der Waals surface area contributed by atoms with Crippen molar-refractivity contribution in [3.05, 3.63) is 29.8 Å². The Balaban J connectivity index is 2.51. The molecule has 1 aromatic carbocycles. The molecule has 1 unspecified atom stereocenters. The van der Waals surface area contributed by atoms with Crippen LogP contribution in [0.1, 0.15) is 44.0 Å². The van der Waals surface area contributed by atoms with Crippen LogP contribution < -0.4 is 10.2 Å². The number of hydrogen-bond acceptors (Lipinski definition) is 2. The molecule has 0 radical (unpaired) electrons. The topological polar surface area (TPSA) is 49.4 Å². The number of amides is 2. The molecular formula is C15H20N2O2. The van der Waals surface area contributed by atoms with E-state index in [1.807, 2.05) is 39.0 Å². The van der Waals surface area contributed by atoms with Gasteiger partial charge in [-0.1, -0.05) is 25.5 Å². The molecule has 0 saturated carbocycles. The van der Waals surface area contributed by atoms with Crippen LogP contribution in [-0.2, 0) is 4.79 Å². The number of carbonyl (C=O) groups excluding carboxylic acids is 2. The number of para-hydroxylation sites is 1. The minimum Gasteiger partial charge on any atom is -0.340 e. The second-order valence-corrected chi connectivity index (χ2v) is 5.13. The van der Waals surface area contributed by atoms with E-state index < -0.39 is 6.04 Å². The van der Waals surface area contributed by atoms with E-state index in [4.69, 9.17) is 0 Å². The summed E-state index contributed by atoms with van der Waals surface area (Å²) in [6, 6.07) is 6.88. The predicted octanol–water partition coefficient (Wildman–Crippen LogP) is 2.34. The highest BCUT2D eigenvalue weighted by atomic mass is 16.2. The molecule has 0 aliphatic carbocycles. The van der Waals surface area contributed by atoms with Gasteiger partial charge in [0, 0.05) is 6.04 Å². The van der Waals surface area contributed by atoms with E-state index in [1.165, 1.54) is 0 Å². The molecule has 4 heteroatoms. The molecule has 1 heterocycles. The van der Waals surface area contributed by atoms with Gasteiger partial charge in [-0.25, -0.2) is 0 Å². The second-order valence-electron chi connectivity index (χ2n) is 5.13. The largest absolute Gasteiger partial charge is 0.340 e. The van der Waals surface area contributed by atoms with Crippen molar-refractivity contribution in [2.24, 2.45) is 0 Å². The van der Waals surface area contributed by atoms with Crippen LogP contribution in [0.15, 0.2) is 24.3 Å². The van der Waals surface area contributed by atoms with E-state index in [1.54, 1.807) is 11.0 Å². The number of nitrogens with one attached hydrogen (secondary N) is 1. The van der Waals surface area contributed by atoms with Gasteiger partial charge in [0.1, 0.15) is 6.04 Å². The number of anilines is 1. The SMILES string of the molecule is CCCC1NC(=O)c2ccccc2N(C(C)C)C1=O. The molecule has 0 fully saturated rings. The molecule has 2 amide bonds. The highest BCUT2D eigenvalue weighted by Gasteiger charge is 2.34. The highest BCUT2D eigenvalue weighted by molar-refractivity contribution is 6.11. The highest BCUT2D eigenvalue weighted by Crippen LogP contribution is 2.26. The van der Waals surface area contributed by atoms with Crippen molar-refractivity contribution in [3.8, 4) is 0 Å². The first-order valence-corrected chi connectivity index (χ1v) is 6.79. The fourth-order valence-corrected chi connectivity index (χ4v) is 2.48. The van der Waals surface area contributed by atoms with Gasteiger partial charge in [-0.15, -0.1) is 0 Å². The van der Waals surface area contributed by atoms with Gasteiger partial charge in [0.25, 0.3) is 5.91 Å². The lowest BCUT2D eigenvalue weighted by atomic mass is 10.1. The first-order chi connectivity index (χ1) is 9.06. The number of nitrogens with zero attached hydrogens (tertiary/aromatic N) is 1. The molecule has 4 nitrogen and oxygen atoms in total. The normalized spacial score (nSPS) is 19.2. The fraction of sp³-hybridized carbons (Fsp3) is 0.467. The van der Waals surface area contributed by atoms with Crippen molar-refractivity contribution in [1.82, 2.24) is 5.32 Å². The molecular weight excluding hydrogens is 240 g/mol. The molecule has 0 saturated heterocycles. The van der Waals surface area contributed by atoms with Crippen molar-refractivity contribution in [1.29, 1.82) is 0 Å². The maximum Gasteiger partial charge on any atom is 0.254 e. The van der Waals surface area contributed by atoms with E-state index in [0.717, 1.165) is 6.42 Å². The van der Waals surface area contributed by atoms with Crippen molar-refractivity contribution < 1.29 is 9.59 Å². The third kappa shape index (κ3) is 2.48. The van der Waals surface area contributed by atoms with Crippen LogP contribution in [0.4, 0.5) is 5.69 Å². The van der Waals surface area contributed by atoms with Crippen LogP contribution in [0.3, 0.4) is 0 Å². The number of benzene rings is 1. The van der Waals surface area contributed by atoms with Crippen molar-refractivity contribution in [3.63, 3.8) is 0 Å².